The van der Waals surface area contributed by atoms with Gasteiger partial charge in [0.15, 0.2) is 5.78 Å². The van der Waals surface area contributed by atoms with Crippen molar-refractivity contribution in [3.63, 3.8) is 0 Å². The van der Waals surface area contributed by atoms with Gasteiger partial charge in [-0.15, -0.1) is 11.8 Å². The summed E-state index contributed by atoms with van der Waals surface area (Å²) in [6, 6.07) is 20.9. The number of esters is 1. The van der Waals surface area contributed by atoms with Gasteiger partial charge in [0.2, 0.25) is 5.91 Å². The van der Waals surface area contributed by atoms with Crippen molar-refractivity contribution < 1.29 is 24.2 Å². The van der Waals surface area contributed by atoms with Crippen LogP contribution in [-0.4, -0.2) is 35.1 Å². The first-order valence-electron chi connectivity index (χ1n) is 11.5. The van der Waals surface area contributed by atoms with Crippen molar-refractivity contribution in [1.29, 1.82) is 0 Å². The molecule has 1 fully saturated rings. The lowest BCUT2D eigenvalue weighted by molar-refractivity contribution is -0.117. The predicted molar refractivity (Wildman–Crippen MR) is 137 cm³/mol. The molecule has 1 N–H and O–H groups in total. The molecule has 2 unspecified atom stereocenters. The topological polar surface area (TPSA) is 83.9 Å². The van der Waals surface area contributed by atoms with E-state index in [1.54, 1.807) is 40.9 Å². The van der Waals surface area contributed by atoms with E-state index in [9.17, 15) is 19.5 Å². The summed E-state index contributed by atoms with van der Waals surface area (Å²) < 4.78 is 4.79. The summed E-state index contributed by atoms with van der Waals surface area (Å²) in [5.74, 6) is -1.05. The van der Waals surface area contributed by atoms with E-state index in [1.165, 1.54) is 19.2 Å². The van der Waals surface area contributed by atoms with Crippen molar-refractivity contribution in [3.8, 4) is 5.75 Å². The van der Waals surface area contributed by atoms with Crippen molar-refractivity contribution in [1.82, 2.24) is 0 Å². The van der Waals surface area contributed by atoms with E-state index in [0.29, 0.717) is 16.8 Å². The van der Waals surface area contributed by atoms with Crippen LogP contribution in [0.15, 0.2) is 72.8 Å². The molecule has 180 valence electrons. The van der Waals surface area contributed by atoms with Crippen LogP contribution in [0.4, 0.5) is 5.69 Å². The second-order valence-electron chi connectivity index (χ2n) is 8.34. The van der Waals surface area contributed by atoms with Crippen LogP contribution in [-0.2, 0) is 9.53 Å². The maximum absolute atomic E-state index is 13.5. The molecule has 1 aliphatic rings. The molecule has 6 nitrogen and oxygen atoms in total. The smallest absolute Gasteiger partial charge is 0.341 e. The molecule has 0 aromatic heterocycles. The molecule has 1 saturated heterocycles. The van der Waals surface area contributed by atoms with E-state index in [2.05, 4.69) is 6.92 Å². The highest BCUT2D eigenvalue weighted by Crippen LogP contribution is 2.47. The number of thioether (sulfide) groups is 1. The zero-order chi connectivity index (χ0) is 24.9. The number of phenolic OH excluding ortho intramolecular Hbond substituents is 1. The molecule has 0 spiro atoms. The molecule has 0 radical (unpaired) electrons. The van der Waals surface area contributed by atoms with Gasteiger partial charge in [0.1, 0.15) is 16.7 Å². The summed E-state index contributed by atoms with van der Waals surface area (Å²) in [5.41, 5.74) is 2.44. The van der Waals surface area contributed by atoms with Crippen LogP contribution in [0.1, 0.15) is 63.4 Å². The average Bonchev–Trinajstić information content (AvgIpc) is 3.23. The minimum atomic E-state index is -0.682. The lowest BCUT2D eigenvalue weighted by Gasteiger charge is -2.25. The quantitative estimate of drug-likeness (QED) is 0.321. The number of hydrogen-bond acceptors (Lipinski definition) is 6. The van der Waals surface area contributed by atoms with Crippen molar-refractivity contribution in [2.24, 2.45) is 0 Å². The number of unbranched alkanes of at least 4 members (excludes halogenated alkanes) is 1. The lowest BCUT2D eigenvalue weighted by Crippen LogP contribution is -2.31. The molecular weight excluding hydrogens is 462 g/mol. The Hall–Kier alpha value is -3.58. The monoisotopic (exact) mass is 489 g/mol. The van der Waals surface area contributed by atoms with E-state index in [-0.39, 0.29) is 33.6 Å². The van der Waals surface area contributed by atoms with Gasteiger partial charge in [0, 0.05) is 16.8 Å². The van der Waals surface area contributed by atoms with E-state index < -0.39 is 5.97 Å². The fourth-order valence-electron chi connectivity index (χ4n) is 4.15. The third kappa shape index (κ3) is 5.10. The summed E-state index contributed by atoms with van der Waals surface area (Å²) in [6.07, 6.45) is 2.62. The van der Waals surface area contributed by atoms with Gasteiger partial charge < -0.3 is 9.84 Å². The largest absolute Gasteiger partial charge is 0.507 e. The van der Waals surface area contributed by atoms with Gasteiger partial charge in [-0.2, -0.15) is 0 Å². The highest BCUT2D eigenvalue weighted by Gasteiger charge is 2.42. The number of phenols is 1. The van der Waals surface area contributed by atoms with Crippen LogP contribution in [0.25, 0.3) is 0 Å². The third-order valence-electron chi connectivity index (χ3n) is 5.99. The molecule has 0 saturated carbocycles. The summed E-state index contributed by atoms with van der Waals surface area (Å²) in [7, 11) is 1.24. The first-order chi connectivity index (χ1) is 16.9. The second-order valence-corrected chi connectivity index (χ2v) is 9.63. The number of carbonyl (C=O) groups excluding carboxylic acids is 3. The van der Waals surface area contributed by atoms with Crippen LogP contribution in [0.2, 0.25) is 0 Å². The van der Waals surface area contributed by atoms with Gasteiger partial charge in [0.05, 0.1) is 12.4 Å². The summed E-state index contributed by atoms with van der Waals surface area (Å²) in [6.45, 7) is 2.08. The fraction of sp³-hybridized carbons (Fsp3) is 0.250. The Morgan fingerprint density at radius 1 is 1.00 bits per heavy atom. The minimum Gasteiger partial charge on any atom is -0.507 e. The Balaban J connectivity index is 1.74. The second kappa shape index (κ2) is 10.8. The van der Waals surface area contributed by atoms with Crippen molar-refractivity contribution in [2.45, 2.75) is 36.8 Å². The summed E-state index contributed by atoms with van der Waals surface area (Å²) in [5, 5.41) is 9.52. The van der Waals surface area contributed by atoms with Gasteiger partial charge in [-0.25, -0.2) is 4.79 Å². The highest BCUT2D eigenvalue weighted by atomic mass is 32.2. The number of amides is 1. The van der Waals surface area contributed by atoms with Crippen molar-refractivity contribution in [2.75, 3.05) is 12.0 Å². The Morgan fingerprint density at radius 3 is 2.46 bits per heavy atom. The number of methoxy groups -OCH3 is 1. The summed E-state index contributed by atoms with van der Waals surface area (Å²) in [4.78, 5) is 40.4. The molecule has 0 aliphatic carbocycles. The maximum Gasteiger partial charge on any atom is 0.341 e. The SMILES string of the molecule is CCCCC1SC(c2cccc(C(=O)c3ccccc3)c2)N(c2ccc(O)c(C(=O)OC)c2)C1=O. The third-order valence-corrected chi connectivity index (χ3v) is 7.50. The fourth-order valence-corrected chi connectivity index (χ4v) is 5.65. The van der Waals surface area contributed by atoms with Gasteiger partial charge in [0.25, 0.3) is 0 Å². The van der Waals surface area contributed by atoms with Crippen LogP contribution < -0.4 is 4.90 Å². The summed E-state index contributed by atoms with van der Waals surface area (Å²) >= 11 is 1.54. The van der Waals surface area contributed by atoms with Crippen LogP contribution in [0.3, 0.4) is 0 Å². The van der Waals surface area contributed by atoms with Crippen molar-refractivity contribution in [3.05, 3.63) is 95.1 Å². The first kappa shape index (κ1) is 24.5. The molecule has 7 heteroatoms. The Labute approximate surface area is 208 Å². The van der Waals surface area contributed by atoms with E-state index in [1.807, 2.05) is 36.4 Å². The molecule has 35 heavy (non-hydrogen) atoms. The molecule has 4 rings (SSSR count). The van der Waals surface area contributed by atoms with Crippen LogP contribution in [0.5, 0.6) is 5.75 Å². The van der Waals surface area contributed by atoms with E-state index in [0.717, 1.165) is 24.8 Å². The zero-order valence-corrected chi connectivity index (χ0v) is 20.5. The van der Waals surface area contributed by atoms with Gasteiger partial charge in [-0.3, -0.25) is 14.5 Å². The first-order valence-corrected chi connectivity index (χ1v) is 12.5. The number of hydrogen-bond donors (Lipinski definition) is 1. The Morgan fingerprint density at radius 2 is 1.74 bits per heavy atom. The lowest BCUT2D eigenvalue weighted by atomic mass is 10.0. The number of nitrogens with zero attached hydrogens (tertiary/aromatic N) is 1. The number of ether oxygens (including phenoxy) is 1. The van der Waals surface area contributed by atoms with Gasteiger partial charge in [-0.1, -0.05) is 68.3 Å². The molecule has 2 atom stereocenters. The molecule has 1 heterocycles. The van der Waals surface area contributed by atoms with Gasteiger partial charge in [-0.05, 0) is 36.2 Å². The highest BCUT2D eigenvalue weighted by molar-refractivity contribution is 8.01. The minimum absolute atomic E-state index is 0.00781. The Bertz CT molecular complexity index is 1240. The van der Waals surface area contributed by atoms with Crippen molar-refractivity contribution >= 4 is 35.1 Å². The number of aromatic hydroxyl groups is 1. The Kier molecular flexibility index (Phi) is 7.56. The number of ketones is 1. The number of benzene rings is 3. The molecule has 0 bridgehead atoms. The predicted octanol–water partition coefficient (Wildman–Crippen LogP) is 5.75. The van der Waals surface area contributed by atoms with Gasteiger partial charge >= 0.3 is 5.97 Å². The van der Waals surface area contributed by atoms with E-state index >= 15 is 0 Å². The molecule has 1 aliphatic heterocycles. The number of anilines is 1. The van der Waals surface area contributed by atoms with Crippen LogP contribution >= 0.6 is 11.8 Å². The average molecular weight is 490 g/mol. The van der Waals surface area contributed by atoms with Crippen LogP contribution in [0, 0.1) is 0 Å². The standard InChI is InChI=1S/C28H27NO5S/c1-3-4-13-24-26(32)29(21-14-15-23(30)22(17-21)28(33)34-2)27(35-24)20-12-8-11-19(16-20)25(31)18-9-6-5-7-10-18/h5-12,14-17,24,27,30H,3-4,13H2,1-2H3. The maximum atomic E-state index is 13.5. The molecule has 3 aromatic rings. The molecular formula is C28H27NO5S. The van der Waals surface area contributed by atoms with E-state index in [4.69, 9.17) is 4.74 Å². The normalized spacial score (nSPS) is 17.4. The molecule has 1 amide bonds. The number of carbonyl (C=O) groups is 3. The number of rotatable bonds is 8. The molecule has 3 aromatic carbocycles. The zero-order valence-electron chi connectivity index (χ0n) is 19.6.